The molecule has 3 rings (SSSR count). The molecule has 0 saturated carbocycles. The Morgan fingerprint density at radius 2 is 1.97 bits per heavy atom. The van der Waals surface area contributed by atoms with Crippen molar-refractivity contribution in [2.24, 2.45) is 0 Å². The molecule has 31 heavy (non-hydrogen) atoms. The third-order valence-corrected chi connectivity index (χ3v) is 5.01. The van der Waals surface area contributed by atoms with Crippen molar-refractivity contribution in [3.63, 3.8) is 0 Å². The van der Waals surface area contributed by atoms with E-state index in [1.807, 2.05) is 0 Å². The van der Waals surface area contributed by atoms with Crippen molar-refractivity contribution in [2.45, 2.75) is 19.7 Å². The second-order valence-corrected chi connectivity index (χ2v) is 7.38. The number of benzene rings is 2. The zero-order valence-corrected chi connectivity index (χ0v) is 18.2. The standard InChI is InChI=1S/C20H19ClF2N4O3S/c1-26(10-12-3-8-15(30-19(22)23)16(9-12)29-2)17(28)11-27-18(24-25-20(27)31)13-4-6-14(21)7-5-13/h3-9,19H,10-11H2,1-2H3,(H,25,31). The van der Waals surface area contributed by atoms with Gasteiger partial charge in [0.1, 0.15) is 6.54 Å². The van der Waals surface area contributed by atoms with Gasteiger partial charge in [-0.15, -0.1) is 0 Å². The van der Waals surface area contributed by atoms with E-state index in [0.29, 0.717) is 21.2 Å². The minimum Gasteiger partial charge on any atom is -0.493 e. The Morgan fingerprint density at radius 1 is 1.26 bits per heavy atom. The summed E-state index contributed by atoms with van der Waals surface area (Å²) < 4.78 is 36.4. The number of halogens is 3. The molecule has 0 aliphatic rings. The summed E-state index contributed by atoms with van der Waals surface area (Å²) in [7, 11) is 2.98. The quantitative estimate of drug-likeness (QED) is 0.492. The van der Waals surface area contributed by atoms with Crippen LogP contribution in [0.15, 0.2) is 42.5 Å². The summed E-state index contributed by atoms with van der Waals surface area (Å²) >= 11 is 11.2. The Bertz CT molecular complexity index is 1120. The van der Waals surface area contributed by atoms with E-state index in [0.717, 1.165) is 5.56 Å². The molecule has 1 heterocycles. The maximum atomic E-state index is 12.8. The van der Waals surface area contributed by atoms with Gasteiger partial charge in [0.25, 0.3) is 0 Å². The molecule has 0 atom stereocenters. The summed E-state index contributed by atoms with van der Waals surface area (Å²) in [4.78, 5) is 14.3. The van der Waals surface area contributed by atoms with Crippen LogP contribution in [0.1, 0.15) is 5.56 Å². The van der Waals surface area contributed by atoms with Gasteiger partial charge in [-0.25, -0.2) is 0 Å². The van der Waals surface area contributed by atoms with Crippen molar-refractivity contribution in [1.82, 2.24) is 19.7 Å². The van der Waals surface area contributed by atoms with Crippen LogP contribution in [-0.4, -0.2) is 46.3 Å². The predicted molar refractivity (Wildman–Crippen MR) is 114 cm³/mol. The van der Waals surface area contributed by atoms with Gasteiger partial charge in [0, 0.05) is 24.2 Å². The highest BCUT2D eigenvalue weighted by atomic mass is 35.5. The van der Waals surface area contributed by atoms with Crippen LogP contribution in [0.4, 0.5) is 8.78 Å². The zero-order valence-electron chi connectivity index (χ0n) is 16.6. The van der Waals surface area contributed by atoms with Gasteiger partial charge in [-0.2, -0.15) is 13.9 Å². The number of aromatic amines is 1. The van der Waals surface area contributed by atoms with Gasteiger partial charge in [-0.05, 0) is 54.2 Å². The van der Waals surface area contributed by atoms with Crippen LogP contribution in [0.5, 0.6) is 11.5 Å². The Morgan fingerprint density at radius 3 is 2.61 bits per heavy atom. The fraction of sp³-hybridized carbons (Fsp3) is 0.250. The average molecular weight is 469 g/mol. The summed E-state index contributed by atoms with van der Waals surface area (Å²) in [6.45, 7) is -2.77. The van der Waals surface area contributed by atoms with E-state index in [9.17, 15) is 13.6 Å². The van der Waals surface area contributed by atoms with Crippen molar-refractivity contribution in [3.8, 4) is 22.9 Å². The number of hydrogen-bond donors (Lipinski definition) is 1. The number of carbonyl (C=O) groups excluding carboxylic acids is 1. The van der Waals surface area contributed by atoms with Crippen LogP contribution >= 0.6 is 23.8 Å². The molecule has 0 spiro atoms. The van der Waals surface area contributed by atoms with E-state index in [2.05, 4.69) is 14.9 Å². The molecule has 0 aliphatic carbocycles. The fourth-order valence-electron chi connectivity index (χ4n) is 2.91. The Hall–Kier alpha value is -2.98. The fourth-order valence-corrected chi connectivity index (χ4v) is 3.23. The number of amides is 1. The van der Waals surface area contributed by atoms with Crippen molar-refractivity contribution < 1.29 is 23.0 Å². The molecule has 0 saturated heterocycles. The lowest BCUT2D eigenvalue weighted by Crippen LogP contribution is -2.30. The Balaban J connectivity index is 1.74. The van der Waals surface area contributed by atoms with Crippen molar-refractivity contribution in [1.29, 1.82) is 0 Å². The lowest BCUT2D eigenvalue weighted by atomic mass is 10.2. The van der Waals surface area contributed by atoms with E-state index in [1.165, 1.54) is 18.1 Å². The van der Waals surface area contributed by atoms with Crippen LogP contribution in [0.3, 0.4) is 0 Å². The average Bonchev–Trinajstić information content (AvgIpc) is 3.09. The summed E-state index contributed by atoms with van der Waals surface area (Å²) in [6.07, 6.45) is 0. The SMILES string of the molecule is COc1cc(CN(C)C(=O)Cn2c(-c3ccc(Cl)cc3)n[nH]c2=S)ccc1OC(F)F. The normalized spacial score (nSPS) is 10.9. The number of hydrogen-bond acceptors (Lipinski definition) is 5. The number of likely N-dealkylation sites (N-methyl/N-ethyl adjacent to an activating group) is 1. The smallest absolute Gasteiger partial charge is 0.387 e. The monoisotopic (exact) mass is 468 g/mol. The first-order valence-corrected chi connectivity index (χ1v) is 9.84. The summed E-state index contributed by atoms with van der Waals surface area (Å²) in [5, 5.41) is 7.49. The molecule has 0 unspecified atom stereocenters. The summed E-state index contributed by atoms with van der Waals surface area (Å²) in [5.74, 6) is 0.367. The second kappa shape index (κ2) is 9.88. The number of nitrogens with one attached hydrogen (secondary N) is 1. The lowest BCUT2D eigenvalue weighted by molar-refractivity contribution is -0.131. The minimum absolute atomic E-state index is 0.0342. The molecule has 2 aromatic carbocycles. The molecular formula is C20H19ClF2N4O3S. The minimum atomic E-state index is -2.96. The first-order valence-electron chi connectivity index (χ1n) is 9.05. The first kappa shape index (κ1) is 22.7. The van der Waals surface area contributed by atoms with E-state index < -0.39 is 6.61 Å². The van der Waals surface area contributed by atoms with E-state index >= 15 is 0 Å². The third-order valence-electron chi connectivity index (χ3n) is 4.44. The van der Waals surface area contributed by atoms with Gasteiger partial charge in [-0.3, -0.25) is 14.5 Å². The molecule has 0 fully saturated rings. The molecule has 1 aromatic heterocycles. The van der Waals surface area contributed by atoms with Gasteiger partial charge in [0.2, 0.25) is 5.91 Å². The van der Waals surface area contributed by atoms with Crippen LogP contribution in [0.2, 0.25) is 5.02 Å². The number of ether oxygens (including phenoxy) is 2. The summed E-state index contributed by atoms with van der Waals surface area (Å²) in [5.41, 5.74) is 1.44. The molecule has 0 radical (unpaired) electrons. The number of rotatable bonds is 8. The largest absolute Gasteiger partial charge is 0.493 e. The topological polar surface area (TPSA) is 72.4 Å². The van der Waals surface area contributed by atoms with Crippen molar-refractivity contribution >= 4 is 29.7 Å². The molecule has 0 aliphatic heterocycles. The number of methoxy groups -OCH3 is 1. The maximum absolute atomic E-state index is 12.8. The first-order chi connectivity index (χ1) is 14.8. The highest BCUT2D eigenvalue weighted by Gasteiger charge is 2.17. The number of nitrogens with zero attached hydrogens (tertiary/aromatic N) is 3. The third kappa shape index (κ3) is 5.59. The molecule has 1 N–H and O–H groups in total. The maximum Gasteiger partial charge on any atom is 0.387 e. The lowest BCUT2D eigenvalue weighted by Gasteiger charge is -2.19. The molecule has 164 valence electrons. The van der Waals surface area contributed by atoms with Gasteiger partial charge >= 0.3 is 6.61 Å². The second-order valence-electron chi connectivity index (χ2n) is 6.56. The van der Waals surface area contributed by atoms with E-state index in [-0.39, 0.29) is 30.5 Å². The van der Waals surface area contributed by atoms with Crippen molar-refractivity contribution in [2.75, 3.05) is 14.2 Å². The molecule has 1 amide bonds. The van der Waals surface area contributed by atoms with Crippen LogP contribution in [-0.2, 0) is 17.9 Å². The zero-order chi connectivity index (χ0) is 22.5. The highest BCUT2D eigenvalue weighted by molar-refractivity contribution is 7.71. The summed E-state index contributed by atoms with van der Waals surface area (Å²) in [6, 6.07) is 11.5. The number of aromatic nitrogens is 3. The molecule has 11 heteroatoms. The van der Waals surface area contributed by atoms with Crippen LogP contribution in [0, 0.1) is 4.77 Å². The van der Waals surface area contributed by atoms with Gasteiger partial charge in [0.05, 0.1) is 7.11 Å². The van der Waals surface area contributed by atoms with E-state index in [1.54, 1.807) is 48.0 Å². The Labute approximate surface area is 187 Å². The Kier molecular flexibility index (Phi) is 7.24. The van der Waals surface area contributed by atoms with Gasteiger partial charge in [0.15, 0.2) is 22.1 Å². The van der Waals surface area contributed by atoms with Gasteiger partial charge < -0.3 is 14.4 Å². The highest BCUT2D eigenvalue weighted by Crippen LogP contribution is 2.30. The van der Waals surface area contributed by atoms with Crippen LogP contribution in [0.25, 0.3) is 11.4 Å². The predicted octanol–water partition coefficient (Wildman–Crippen LogP) is 4.53. The van der Waals surface area contributed by atoms with E-state index in [4.69, 9.17) is 28.6 Å². The number of H-pyrrole nitrogens is 1. The molecule has 7 nitrogen and oxygen atoms in total. The molecule has 3 aromatic rings. The van der Waals surface area contributed by atoms with Crippen LogP contribution < -0.4 is 9.47 Å². The molecule has 0 bridgehead atoms. The number of carbonyl (C=O) groups is 1. The van der Waals surface area contributed by atoms with Gasteiger partial charge in [-0.1, -0.05) is 17.7 Å². The van der Waals surface area contributed by atoms with Crippen molar-refractivity contribution in [3.05, 3.63) is 57.8 Å². The molecular weight excluding hydrogens is 450 g/mol. The number of alkyl halides is 2.